The minimum Gasteiger partial charge on any atom is -0.381 e. The molecular formula is C11H19N3O2. The second-order valence-electron chi connectivity index (χ2n) is 4.13. The first kappa shape index (κ1) is 11.5. The lowest BCUT2D eigenvalue weighted by molar-refractivity contribution is 0.0830. The summed E-state index contributed by atoms with van der Waals surface area (Å²) in [4.78, 5) is 4.48. The standard InChI is InChI=1S/C11H19N3O2/c1-3-9(12-2)11-13-10(14-16-11)8-4-6-15-7-5-8/h8-9,12H,3-7H2,1-2H3. The van der Waals surface area contributed by atoms with Gasteiger partial charge < -0.3 is 14.6 Å². The lowest BCUT2D eigenvalue weighted by Gasteiger charge is -2.18. The molecule has 90 valence electrons. The summed E-state index contributed by atoms with van der Waals surface area (Å²) in [5.74, 6) is 1.94. The Labute approximate surface area is 95.6 Å². The maximum atomic E-state index is 5.32. The van der Waals surface area contributed by atoms with Crippen LogP contribution in [0.4, 0.5) is 0 Å². The number of hydrogen-bond acceptors (Lipinski definition) is 5. The fourth-order valence-corrected chi connectivity index (χ4v) is 2.01. The Bertz CT molecular complexity index is 317. The van der Waals surface area contributed by atoms with Crippen molar-refractivity contribution in [2.45, 2.75) is 38.1 Å². The van der Waals surface area contributed by atoms with Crippen LogP contribution in [-0.4, -0.2) is 30.4 Å². The van der Waals surface area contributed by atoms with Gasteiger partial charge in [0.15, 0.2) is 5.82 Å². The van der Waals surface area contributed by atoms with Crippen molar-refractivity contribution in [2.24, 2.45) is 0 Å². The summed E-state index contributed by atoms with van der Waals surface area (Å²) >= 11 is 0. The van der Waals surface area contributed by atoms with Gasteiger partial charge in [-0.1, -0.05) is 12.1 Å². The van der Waals surface area contributed by atoms with Crippen molar-refractivity contribution in [3.63, 3.8) is 0 Å². The summed E-state index contributed by atoms with van der Waals surface area (Å²) in [6.45, 7) is 3.70. The van der Waals surface area contributed by atoms with Crippen molar-refractivity contribution >= 4 is 0 Å². The molecule has 0 aliphatic carbocycles. The first-order chi connectivity index (χ1) is 7.85. The second-order valence-corrected chi connectivity index (χ2v) is 4.13. The molecule has 1 N–H and O–H groups in total. The molecule has 1 fully saturated rings. The van der Waals surface area contributed by atoms with Crippen LogP contribution in [0.15, 0.2) is 4.52 Å². The molecule has 1 aromatic heterocycles. The topological polar surface area (TPSA) is 60.2 Å². The van der Waals surface area contributed by atoms with Crippen molar-refractivity contribution < 1.29 is 9.26 Å². The van der Waals surface area contributed by atoms with Gasteiger partial charge in [-0.05, 0) is 26.3 Å². The minimum absolute atomic E-state index is 0.168. The Morgan fingerprint density at radius 2 is 2.19 bits per heavy atom. The van der Waals surface area contributed by atoms with E-state index < -0.39 is 0 Å². The summed E-state index contributed by atoms with van der Waals surface area (Å²) in [5.41, 5.74) is 0. The van der Waals surface area contributed by atoms with E-state index in [1.165, 1.54) is 0 Å². The van der Waals surface area contributed by atoms with E-state index in [0.29, 0.717) is 11.8 Å². The molecule has 5 heteroatoms. The summed E-state index contributed by atoms with van der Waals surface area (Å²) in [6, 6.07) is 0.168. The molecule has 5 nitrogen and oxygen atoms in total. The van der Waals surface area contributed by atoms with Crippen LogP contribution in [0.1, 0.15) is 49.9 Å². The molecule has 0 radical (unpaired) electrons. The average molecular weight is 225 g/mol. The van der Waals surface area contributed by atoms with Crippen LogP contribution in [0.5, 0.6) is 0 Å². The molecule has 1 atom stereocenters. The lowest BCUT2D eigenvalue weighted by Crippen LogP contribution is -2.17. The number of aromatic nitrogens is 2. The van der Waals surface area contributed by atoms with Gasteiger partial charge in [0.1, 0.15) is 0 Å². The molecule has 0 spiro atoms. The molecule has 16 heavy (non-hydrogen) atoms. The van der Waals surface area contributed by atoms with E-state index in [9.17, 15) is 0 Å². The Morgan fingerprint density at radius 1 is 1.44 bits per heavy atom. The number of rotatable bonds is 4. The van der Waals surface area contributed by atoms with Gasteiger partial charge in [0.2, 0.25) is 5.89 Å². The summed E-state index contributed by atoms with van der Waals surface area (Å²) in [6.07, 6.45) is 2.94. The molecule has 1 aromatic rings. The smallest absolute Gasteiger partial charge is 0.243 e. The Balaban J connectivity index is 2.05. The Morgan fingerprint density at radius 3 is 2.81 bits per heavy atom. The quantitative estimate of drug-likeness (QED) is 0.844. The number of nitrogens with zero attached hydrogens (tertiary/aromatic N) is 2. The van der Waals surface area contributed by atoms with Crippen molar-refractivity contribution in [1.29, 1.82) is 0 Å². The van der Waals surface area contributed by atoms with Gasteiger partial charge in [-0.25, -0.2) is 0 Å². The number of ether oxygens (including phenoxy) is 1. The van der Waals surface area contributed by atoms with Crippen LogP contribution in [0.3, 0.4) is 0 Å². The van der Waals surface area contributed by atoms with Gasteiger partial charge >= 0.3 is 0 Å². The highest BCUT2D eigenvalue weighted by molar-refractivity contribution is 4.99. The monoisotopic (exact) mass is 225 g/mol. The number of hydrogen-bond donors (Lipinski definition) is 1. The minimum atomic E-state index is 0.168. The Hall–Kier alpha value is -0.940. The zero-order chi connectivity index (χ0) is 11.4. The van der Waals surface area contributed by atoms with Gasteiger partial charge in [0.25, 0.3) is 0 Å². The lowest BCUT2D eigenvalue weighted by atomic mass is 10.00. The fraction of sp³-hybridized carbons (Fsp3) is 0.818. The summed E-state index contributed by atoms with van der Waals surface area (Å²) in [7, 11) is 1.91. The van der Waals surface area contributed by atoms with Crippen molar-refractivity contribution in [3.05, 3.63) is 11.7 Å². The van der Waals surface area contributed by atoms with Crippen LogP contribution >= 0.6 is 0 Å². The van der Waals surface area contributed by atoms with Gasteiger partial charge in [0, 0.05) is 19.1 Å². The molecule has 1 aliphatic heterocycles. The van der Waals surface area contributed by atoms with Gasteiger partial charge in [-0.2, -0.15) is 4.98 Å². The third-order valence-corrected chi connectivity index (χ3v) is 3.10. The van der Waals surface area contributed by atoms with Crippen LogP contribution in [0.2, 0.25) is 0 Å². The highest BCUT2D eigenvalue weighted by Gasteiger charge is 2.23. The first-order valence-electron chi connectivity index (χ1n) is 5.93. The summed E-state index contributed by atoms with van der Waals surface area (Å²) in [5, 5.41) is 7.24. The van der Waals surface area contributed by atoms with Crippen LogP contribution in [-0.2, 0) is 4.74 Å². The van der Waals surface area contributed by atoms with Crippen molar-refractivity contribution in [2.75, 3.05) is 20.3 Å². The van der Waals surface area contributed by atoms with E-state index in [4.69, 9.17) is 9.26 Å². The molecule has 2 heterocycles. The van der Waals surface area contributed by atoms with Crippen molar-refractivity contribution in [1.82, 2.24) is 15.5 Å². The van der Waals surface area contributed by atoms with E-state index in [1.807, 2.05) is 7.05 Å². The van der Waals surface area contributed by atoms with E-state index >= 15 is 0 Å². The molecule has 1 aliphatic rings. The predicted molar refractivity (Wildman–Crippen MR) is 59.2 cm³/mol. The second kappa shape index (κ2) is 5.41. The zero-order valence-corrected chi connectivity index (χ0v) is 9.90. The zero-order valence-electron chi connectivity index (χ0n) is 9.90. The summed E-state index contributed by atoms with van der Waals surface area (Å²) < 4.78 is 10.6. The van der Waals surface area contributed by atoms with Gasteiger partial charge in [-0.15, -0.1) is 0 Å². The molecular weight excluding hydrogens is 206 g/mol. The fourth-order valence-electron chi connectivity index (χ4n) is 2.01. The van der Waals surface area contributed by atoms with Crippen LogP contribution in [0.25, 0.3) is 0 Å². The van der Waals surface area contributed by atoms with Gasteiger partial charge in [0.05, 0.1) is 6.04 Å². The highest BCUT2D eigenvalue weighted by atomic mass is 16.5. The maximum Gasteiger partial charge on any atom is 0.243 e. The first-order valence-corrected chi connectivity index (χ1v) is 5.93. The third kappa shape index (κ3) is 2.41. The average Bonchev–Trinajstić information content (AvgIpc) is 2.81. The van der Waals surface area contributed by atoms with E-state index in [1.54, 1.807) is 0 Å². The van der Waals surface area contributed by atoms with Crippen LogP contribution < -0.4 is 5.32 Å². The Kier molecular flexibility index (Phi) is 3.90. The predicted octanol–water partition coefficient (Wildman–Crippen LogP) is 1.63. The third-order valence-electron chi connectivity index (χ3n) is 3.10. The van der Waals surface area contributed by atoms with Gasteiger partial charge in [-0.3, -0.25) is 0 Å². The molecule has 0 amide bonds. The maximum absolute atomic E-state index is 5.32. The highest BCUT2D eigenvalue weighted by Crippen LogP contribution is 2.25. The number of nitrogens with one attached hydrogen (secondary N) is 1. The largest absolute Gasteiger partial charge is 0.381 e. The van der Waals surface area contributed by atoms with Crippen molar-refractivity contribution in [3.8, 4) is 0 Å². The van der Waals surface area contributed by atoms with E-state index in [2.05, 4.69) is 22.4 Å². The molecule has 0 aromatic carbocycles. The van der Waals surface area contributed by atoms with E-state index in [-0.39, 0.29) is 6.04 Å². The van der Waals surface area contributed by atoms with Crippen LogP contribution in [0, 0.1) is 0 Å². The molecule has 0 bridgehead atoms. The molecule has 1 saturated heterocycles. The molecule has 1 unspecified atom stereocenters. The molecule has 2 rings (SSSR count). The SMILES string of the molecule is CCC(NC)c1nc(C2CCOCC2)no1. The van der Waals surface area contributed by atoms with E-state index in [0.717, 1.165) is 38.3 Å². The molecule has 0 saturated carbocycles. The normalized spacial score (nSPS) is 19.9.